The lowest BCUT2D eigenvalue weighted by Gasteiger charge is -2.28. The summed E-state index contributed by atoms with van der Waals surface area (Å²) in [4.78, 5) is 11.6. The summed E-state index contributed by atoms with van der Waals surface area (Å²) in [5.41, 5.74) is -0.0687. The molecule has 0 aromatic heterocycles. The van der Waals surface area contributed by atoms with Crippen molar-refractivity contribution >= 4 is 33.2 Å². The highest BCUT2D eigenvalue weighted by Gasteiger charge is 2.34. The van der Waals surface area contributed by atoms with Gasteiger partial charge in [0.1, 0.15) is 28.8 Å². The monoisotopic (exact) mass is 478 g/mol. The van der Waals surface area contributed by atoms with E-state index in [1.165, 1.54) is 6.07 Å². The minimum absolute atomic E-state index is 0.129. The topological polar surface area (TPSA) is 95.9 Å². The van der Waals surface area contributed by atoms with Crippen molar-refractivity contribution in [3.63, 3.8) is 0 Å². The SMILES string of the molecule is O=C(Nc1ccc(F)c(Cl)c1)c1ccc(F)c(S(=O)(=O)N2CCOC[C@@H](O)[C@H](F)C2)c1. The van der Waals surface area contributed by atoms with Gasteiger partial charge >= 0.3 is 0 Å². The van der Waals surface area contributed by atoms with Crippen molar-refractivity contribution in [3.05, 3.63) is 58.6 Å². The van der Waals surface area contributed by atoms with Crippen LogP contribution in [0.1, 0.15) is 10.4 Å². The molecule has 0 spiro atoms. The molecule has 0 radical (unpaired) electrons. The van der Waals surface area contributed by atoms with Crippen molar-refractivity contribution in [2.75, 3.05) is 31.6 Å². The van der Waals surface area contributed by atoms with Gasteiger partial charge in [-0.15, -0.1) is 0 Å². The second-order valence-electron chi connectivity index (χ2n) is 6.75. The van der Waals surface area contributed by atoms with E-state index in [0.29, 0.717) is 4.31 Å². The van der Waals surface area contributed by atoms with E-state index in [1.807, 2.05) is 0 Å². The number of hydrogen-bond acceptors (Lipinski definition) is 5. The maximum atomic E-state index is 14.4. The summed E-state index contributed by atoms with van der Waals surface area (Å²) in [6.45, 7) is -1.38. The second-order valence-corrected chi connectivity index (χ2v) is 9.06. The molecule has 168 valence electrons. The Bertz CT molecular complexity index is 1090. The molecule has 2 aromatic carbocycles. The minimum atomic E-state index is -4.55. The first-order valence-electron chi connectivity index (χ1n) is 9.05. The van der Waals surface area contributed by atoms with Crippen LogP contribution in [-0.2, 0) is 14.8 Å². The fraction of sp³-hybridized carbons (Fsp3) is 0.316. The maximum absolute atomic E-state index is 14.4. The van der Waals surface area contributed by atoms with Gasteiger partial charge in [0.05, 0.1) is 18.2 Å². The number of aliphatic hydroxyl groups excluding tert-OH is 1. The van der Waals surface area contributed by atoms with E-state index in [0.717, 1.165) is 30.3 Å². The Balaban J connectivity index is 1.88. The third-order valence-electron chi connectivity index (χ3n) is 4.56. The standard InChI is InChI=1S/C19H18ClF3N2O5S/c20-13-8-12(2-4-14(13)21)24-19(27)11-1-3-15(22)18(7-11)31(28,29)25-5-6-30-10-17(26)16(23)9-25/h1-4,7-8,16-17,26H,5-6,9-10H2,(H,24,27)/t16-,17-/m1/s1. The highest BCUT2D eigenvalue weighted by atomic mass is 35.5. The number of carbonyl (C=O) groups excluding carboxylic acids is 1. The molecule has 31 heavy (non-hydrogen) atoms. The Morgan fingerprint density at radius 1 is 1.19 bits per heavy atom. The molecule has 0 bridgehead atoms. The third kappa shape index (κ3) is 5.36. The number of aliphatic hydroxyl groups is 1. The number of amides is 1. The van der Waals surface area contributed by atoms with Gasteiger partial charge in [0, 0.05) is 24.3 Å². The first kappa shape index (κ1) is 23.5. The molecule has 1 heterocycles. The first-order chi connectivity index (χ1) is 14.6. The number of nitrogens with zero attached hydrogens (tertiary/aromatic N) is 1. The molecule has 2 N–H and O–H groups in total. The van der Waals surface area contributed by atoms with Crippen LogP contribution in [0, 0.1) is 11.6 Å². The fourth-order valence-electron chi connectivity index (χ4n) is 2.86. The highest BCUT2D eigenvalue weighted by Crippen LogP contribution is 2.24. The Morgan fingerprint density at radius 2 is 1.90 bits per heavy atom. The molecule has 12 heteroatoms. The number of benzene rings is 2. The Morgan fingerprint density at radius 3 is 2.61 bits per heavy atom. The molecule has 0 saturated carbocycles. The highest BCUT2D eigenvalue weighted by molar-refractivity contribution is 7.89. The van der Waals surface area contributed by atoms with E-state index in [9.17, 15) is 31.5 Å². The first-order valence-corrected chi connectivity index (χ1v) is 10.9. The lowest BCUT2D eigenvalue weighted by molar-refractivity contribution is -0.0292. The van der Waals surface area contributed by atoms with Gasteiger partial charge in [-0.05, 0) is 36.4 Å². The fourth-order valence-corrected chi connectivity index (χ4v) is 4.56. The van der Waals surface area contributed by atoms with Gasteiger partial charge in [0.2, 0.25) is 10.0 Å². The third-order valence-corrected chi connectivity index (χ3v) is 6.73. The average Bonchev–Trinajstić information content (AvgIpc) is 2.71. The van der Waals surface area contributed by atoms with E-state index >= 15 is 0 Å². The van der Waals surface area contributed by atoms with E-state index in [2.05, 4.69) is 5.32 Å². The predicted octanol–water partition coefficient (Wildman–Crippen LogP) is 2.59. The van der Waals surface area contributed by atoms with Crippen LogP contribution in [0.15, 0.2) is 41.3 Å². The summed E-state index contributed by atoms with van der Waals surface area (Å²) in [7, 11) is -4.55. The number of hydrogen-bond donors (Lipinski definition) is 2. The van der Waals surface area contributed by atoms with E-state index in [4.69, 9.17) is 16.3 Å². The van der Waals surface area contributed by atoms with Gasteiger partial charge in [-0.3, -0.25) is 4.79 Å². The van der Waals surface area contributed by atoms with E-state index in [-0.39, 0.29) is 36.0 Å². The minimum Gasteiger partial charge on any atom is -0.388 e. The smallest absolute Gasteiger partial charge is 0.255 e. The van der Waals surface area contributed by atoms with Crippen molar-refractivity contribution in [2.24, 2.45) is 0 Å². The second kappa shape index (κ2) is 9.53. The molecule has 0 unspecified atom stereocenters. The van der Waals surface area contributed by atoms with E-state index in [1.54, 1.807) is 0 Å². The van der Waals surface area contributed by atoms with Crippen LogP contribution >= 0.6 is 11.6 Å². The Hall–Kier alpha value is -2.18. The van der Waals surface area contributed by atoms with Crippen LogP contribution in [0.3, 0.4) is 0 Å². The molecule has 1 amide bonds. The van der Waals surface area contributed by atoms with Crippen LogP contribution < -0.4 is 5.32 Å². The van der Waals surface area contributed by atoms with Crippen LogP contribution in [0.25, 0.3) is 0 Å². The van der Waals surface area contributed by atoms with Gasteiger partial charge in [-0.25, -0.2) is 21.6 Å². The zero-order valence-electron chi connectivity index (χ0n) is 15.9. The number of rotatable bonds is 4. The Kier molecular flexibility index (Phi) is 7.22. The molecule has 1 fully saturated rings. The number of ether oxygens (including phenoxy) is 1. The number of carbonyl (C=O) groups is 1. The van der Waals surface area contributed by atoms with Crippen molar-refractivity contribution in [1.82, 2.24) is 4.31 Å². The molecule has 2 atom stereocenters. The zero-order valence-corrected chi connectivity index (χ0v) is 17.5. The summed E-state index contributed by atoms with van der Waals surface area (Å²) in [5.74, 6) is -2.63. The van der Waals surface area contributed by atoms with Crippen LogP contribution in [0.5, 0.6) is 0 Å². The van der Waals surface area contributed by atoms with E-state index < -0.39 is 51.3 Å². The van der Waals surface area contributed by atoms with Crippen molar-refractivity contribution in [2.45, 2.75) is 17.2 Å². The number of halogens is 4. The lowest BCUT2D eigenvalue weighted by atomic mass is 10.2. The summed E-state index contributed by atoms with van der Waals surface area (Å²) in [5, 5.41) is 11.8. The zero-order chi connectivity index (χ0) is 22.8. The number of sulfonamides is 1. The average molecular weight is 479 g/mol. The van der Waals surface area contributed by atoms with Crippen molar-refractivity contribution < 1.29 is 36.2 Å². The van der Waals surface area contributed by atoms with Crippen LogP contribution in [0.4, 0.5) is 18.9 Å². The molecule has 1 aliphatic rings. The lowest BCUT2D eigenvalue weighted by Crippen LogP contribution is -2.45. The summed E-state index contributed by atoms with van der Waals surface area (Å²) < 4.78 is 73.3. The van der Waals surface area contributed by atoms with Gasteiger partial charge in [-0.1, -0.05) is 11.6 Å². The van der Waals surface area contributed by atoms with Crippen molar-refractivity contribution in [1.29, 1.82) is 0 Å². The largest absolute Gasteiger partial charge is 0.388 e. The number of anilines is 1. The van der Waals surface area contributed by atoms with Crippen LogP contribution in [0.2, 0.25) is 5.02 Å². The summed E-state index contributed by atoms with van der Waals surface area (Å²) >= 11 is 5.66. The molecule has 3 rings (SSSR count). The molecule has 2 aromatic rings. The molecular weight excluding hydrogens is 461 g/mol. The molecule has 7 nitrogen and oxygen atoms in total. The van der Waals surface area contributed by atoms with Gasteiger partial charge in [0.15, 0.2) is 0 Å². The quantitative estimate of drug-likeness (QED) is 0.704. The van der Waals surface area contributed by atoms with Gasteiger partial charge in [-0.2, -0.15) is 4.31 Å². The summed E-state index contributed by atoms with van der Waals surface area (Å²) in [6.07, 6.45) is -3.46. The summed E-state index contributed by atoms with van der Waals surface area (Å²) in [6, 6.07) is 6.10. The maximum Gasteiger partial charge on any atom is 0.255 e. The number of nitrogens with one attached hydrogen (secondary N) is 1. The molecule has 0 aliphatic carbocycles. The molecule has 1 aliphatic heterocycles. The van der Waals surface area contributed by atoms with Gasteiger partial charge < -0.3 is 15.2 Å². The normalized spacial score (nSPS) is 20.7. The molecule has 1 saturated heterocycles. The molecular formula is C19H18ClF3N2O5S. The predicted molar refractivity (Wildman–Crippen MR) is 106 cm³/mol. The van der Waals surface area contributed by atoms with Crippen molar-refractivity contribution in [3.8, 4) is 0 Å². The Labute approximate surface area is 181 Å². The number of alkyl halides is 1. The van der Waals surface area contributed by atoms with Crippen LogP contribution in [-0.4, -0.2) is 62.3 Å². The van der Waals surface area contributed by atoms with Gasteiger partial charge in [0.25, 0.3) is 5.91 Å².